The molecule has 0 saturated carbocycles. The molecule has 1 amide bonds. The molecular weight excluding hydrogens is 386 g/mol. The van der Waals surface area contributed by atoms with E-state index >= 15 is 0 Å². The lowest BCUT2D eigenvalue weighted by Crippen LogP contribution is -2.40. The summed E-state index contributed by atoms with van der Waals surface area (Å²) in [6.07, 6.45) is 2.82. The molecule has 1 aliphatic heterocycles. The highest BCUT2D eigenvalue weighted by atomic mass is 32.1. The molecule has 3 aromatic rings. The van der Waals surface area contributed by atoms with Crippen molar-refractivity contribution in [2.45, 2.75) is 19.4 Å². The third-order valence-electron chi connectivity index (χ3n) is 4.57. The molecule has 140 valence electrons. The smallest absolute Gasteiger partial charge is 0.309 e. The van der Waals surface area contributed by atoms with Crippen LogP contribution in [0.15, 0.2) is 40.0 Å². The minimum Gasteiger partial charge on any atom is -0.459 e. The number of hydrogen-bond donors (Lipinski definition) is 0. The number of rotatable bonds is 4. The molecule has 0 bridgehead atoms. The van der Waals surface area contributed by atoms with Crippen LogP contribution in [0.5, 0.6) is 0 Å². The van der Waals surface area contributed by atoms with Crippen molar-refractivity contribution in [3.63, 3.8) is 0 Å². The summed E-state index contributed by atoms with van der Waals surface area (Å²) in [5, 5.41) is 3.66. The monoisotopic (exact) mass is 403 g/mol. The minimum atomic E-state index is -0.300. The van der Waals surface area contributed by atoms with Gasteiger partial charge < -0.3 is 9.64 Å². The average Bonchev–Trinajstić information content (AvgIpc) is 3.37. The standard InChI is InChI=1S/C18H17N3O4S2/c22-15-10-13(19-18-21(15)7-9-27-18)11-25-17(24)12-3-5-20(6-4-12)16(23)14-2-1-8-26-14/h1-2,7-10,12H,3-6,11H2. The first-order chi connectivity index (χ1) is 13.1. The van der Waals surface area contributed by atoms with E-state index in [1.54, 1.807) is 16.5 Å². The molecule has 27 heavy (non-hydrogen) atoms. The van der Waals surface area contributed by atoms with Gasteiger partial charge in [0.25, 0.3) is 11.5 Å². The molecule has 0 N–H and O–H groups in total. The molecule has 0 aliphatic carbocycles. The maximum Gasteiger partial charge on any atom is 0.309 e. The van der Waals surface area contributed by atoms with Gasteiger partial charge in [0, 0.05) is 30.7 Å². The van der Waals surface area contributed by atoms with Gasteiger partial charge in [-0.2, -0.15) is 0 Å². The molecule has 0 aromatic carbocycles. The predicted molar refractivity (Wildman–Crippen MR) is 102 cm³/mol. The van der Waals surface area contributed by atoms with Crippen LogP contribution in [0, 0.1) is 5.92 Å². The van der Waals surface area contributed by atoms with E-state index in [4.69, 9.17) is 4.74 Å². The number of fused-ring (bicyclic) bond motifs is 1. The number of ether oxygens (including phenoxy) is 1. The van der Waals surface area contributed by atoms with Crippen LogP contribution in [0.1, 0.15) is 28.2 Å². The Bertz CT molecular complexity index is 1020. The highest BCUT2D eigenvalue weighted by Crippen LogP contribution is 2.22. The number of esters is 1. The van der Waals surface area contributed by atoms with Crippen LogP contribution in [-0.2, 0) is 16.1 Å². The Morgan fingerprint density at radius 1 is 1.22 bits per heavy atom. The normalized spacial score (nSPS) is 15.2. The first kappa shape index (κ1) is 17.9. The van der Waals surface area contributed by atoms with E-state index in [1.165, 1.54) is 33.1 Å². The van der Waals surface area contributed by atoms with Crippen molar-refractivity contribution in [2.75, 3.05) is 13.1 Å². The summed E-state index contributed by atoms with van der Waals surface area (Å²) in [4.78, 5) is 44.1. The quantitative estimate of drug-likeness (QED) is 0.625. The molecule has 0 spiro atoms. The molecule has 7 nitrogen and oxygen atoms in total. The second-order valence-corrected chi connectivity index (χ2v) is 8.11. The number of aromatic nitrogens is 2. The van der Waals surface area contributed by atoms with E-state index in [-0.39, 0.29) is 30.0 Å². The van der Waals surface area contributed by atoms with Crippen molar-refractivity contribution in [1.29, 1.82) is 0 Å². The maximum absolute atomic E-state index is 12.3. The van der Waals surface area contributed by atoms with Crippen molar-refractivity contribution in [3.05, 3.63) is 56.1 Å². The molecule has 1 saturated heterocycles. The third-order valence-corrected chi connectivity index (χ3v) is 6.18. The molecule has 0 radical (unpaired) electrons. The lowest BCUT2D eigenvalue weighted by atomic mass is 9.97. The highest BCUT2D eigenvalue weighted by molar-refractivity contribution is 7.15. The zero-order valence-electron chi connectivity index (χ0n) is 14.4. The van der Waals surface area contributed by atoms with E-state index in [9.17, 15) is 14.4 Å². The van der Waals surface area contributed by atoms with Crippen molar-refractivity contribution in [1.82, 2.24) is 14.3 Å². The molecule has 4 rings (SSSR count). The zero-order chi connectivity index (χ0) is 18.8. The Morgan fingerprint density at radius 2 is 2.04 bits per heavy atom. The number of carbonyl (C=O) groups excluding carboxylic acids is 2. The van der Waals surface area contributed by atoms with Gasteiger partial charge in [-0.1, -0.05) is 6.07 Å². The Morgan fingerprint density at radius 3 is 2.78 bits per heavy atom. The van der Waals surface area contributed by atoms with E-state index in [2.05, 4.69) is 4.98 Å². The van der Waals surface area contributed by atoms with E-state index in [0.717, 1.165) is 4.88 Å². The van der Waals surface area contributed by atoms with Crippen molar-refractivity contribution in [2.24, 2.45) is 5.92 Å². The van der Waals surface area contributed by atoms with Gasteiger partial charge >= 0.3 is 5.97 Å². The Labute approximate surface area is 162 Å². The molecule has 0 unspecified atom stereocenters. The SMILES string of the molecule is O=C(OCc1cc(=O)n2ccsc2n1)C1CCN(C(=O)c2cccs2)CC1. The van der Waals surface area contributed by atoms with Gasteiger partial charge in [0.2, 0.25) is 0 Å². The summed E-state index contributed by atoms with van der Waals surface area (Å²) in [6, 6.07) is 5.05. The fourth-order valence-corrected chi connectivity index (χ4v) is 4.53. The van der Waals surface area contributed by atoms with E-state index in [0.29, 0.717) is 36.6 Å². The predicted octanol–water partition coefficient (Wildman–Crippen LogP) is 2.41. The van der Waals surface area contributed by atoms with Gasteiger partial charge in [-0.3, -0.25) is 18.8 Å². The van der Waals surface area contributed by atoms with Gasteiger partial charge in [-0.05, 0) is 24.3 Å². The highest BCUT2D eigenvalue weighted by Gasteiger charge is 2.29. The van der Waals surface area contributed by atoms with Crippen molar-refractivity contribution >= 4 is 39.5 Å². The van der Waals surface area contributed by atoms with Crippen LogP contribution in [0.4, 0.5) is 0 Å². The van der Waals surface area contributed by atoms with Gasteiger partial charge in [-0.15, -0.1) is 22.7 Å². The summed E-state index contributed by atoms with van der Waals surface area (Å²) in [5.74, 6) is -0.513. The Kier molecular flexibility index (Phi) is 5.04. The van der Waals surface area contributed by atoms with Crippen molar-refractivity contribution < 1.29 is 14.3 Å². The Hall–Kier alpha value is -2.52. The molecule has 1 fully saturated rings. The fourth-order valence-electron chi connectivity index (χ4n) is 3.10. The van der Waals surface area contributed by atoms with Crippen LogP contribution in [0.3, 0.4) is 0 Å². The van der Waals surface area contributed by atoms with E-state index < -0.39 is 0 Å². The molecule has 9 heteroatoms. The topological polar surface area (TPSA) is 81.0 Å². The van der Waals surface area contributed by atoms with Gasteiger partial charge in [0.05, 0.1) is 16.5 Å². The van der Waals surface area contributed by atoms with Crippen LogP contribution < -0.4 is 5.56 Å². The summed E-state index contributed by atoms with van der Waals surface area (Å²) in [6.45, 7) is 1.06. The van der Waals surface area contributed by atoms with Crippen LogP contribution in [-0.4, -0.2) is 39.3 Å². The number of hydrogen-bond acceptors (Lipinski definition) is 7. The second-order valence-electron chi connectivity index (χ2n) is 6.29. The van der Waals surface area contributed by atoms with Crippen molar-refractivity contribution in [3.8, 4) is 0 Å². The zero-order valence-corrected chi connectivity index (χ0v) is 16.0. The largest absolute Gasteiger partial charge is 0.459 e. The number of nitrogens with zero attached hydrogens (tertiary/aromatic N) is 3. The van der Waals surface area contributed by atoms with Crippen LogP contribution in [0.25, 0.3) is 4.96 Å². The molecule has 1 aliphatic rings. The van der Waals surface area contributed by atoms with Gasteiger partial charge in [-0.25, -0.2) is 4.98 Å². The number of thiazole rings is 1. The lowest BCUT2D eigenvalue weighted by molar-refractivity contribution is -0.151. The van der Waals surface area contributed by atoms with E-state index in [1.807, 2.05) is 17.5 Å². The number of piperidine rings is 1. The van der Waals surface area contributed by atoms with Crippen LogP contribution >= 0.6 is 22.7 Å². The number of amides is 1. The molecule has 4 heterocycles. The number of thiophene rings is 1. The molecular formula is C18H17N3O4S2. The summed E-state index contributed by atoms with van der Waals surface area (Å²) >= 11 is 2.78. The first-order valence-electron chi connectivity index (χ1n) is 8.57. The summed E-state index contributed by atoms with van der Waals surface area (Å²) in [7, 11) is 0. The average molecular weight is 403 g/mol. The maximum atomic E-state index is 12.3. The van der Waals surface area contributed by atoms with Gasteiger partial charge in [0.1, 0.15) is 6.61 Å². The lowest BCUT2D eigenvalue weighted by Gasteiger charge is -2.30. The van der Waals surface area contributed by atoms with Gasteiger partial charge in [0.15, 0.2) is 4.96 Å². The minimum absolute atomic E-state index is 0.0171. The number of likely N-dealkylation sites (tertiary alicyclic amines) is 1. The fraction of sp³-hybridized carbons (Fsp3) is 0.333. The second kappa shape index (κ2) is 7.61. The third kappa shape index (κ3) is 3.79. The van der Waals surface area contributed by atoms with Crippen LogP contribution in [0.2, 0.25) is 0 Å². The summed E-state index contributed by atoms with van der Waals surface area (Å²) in [5.41, 5.74) is 0.258. The summed E-state index contributed by atoms with van der Waals surface area (Å²) < 4.78 is 6.82. The molecule has 3 aromatic heterocycles. The molecule has 0 atom stereocenters. The number of carbonyl (C=O) groups is 2. The first-order valence-corrected chi connectivity index (χ1v) is 10.3. The Balaban J connectivity index is 1.31.